The Morgan fingerprint density at radius 1 is 1.00 bits per heavy atom. The predicted molar refractivity (Wildman–Crippen MR) is 176 cm³/mol. The molecule has 15 heteroatoms. The Hall–Kier alpha value is -4.01. The summed E-state index contributed by atoms with van der Waals surface area (Å²) >= 11 is 0. The number of carbonyl (C=O) groups excluding carboxylic acids is 6. The number of anilines is 1. The first-order chi connectivity index (χ1) is 22.1. The van der Waals surface area contributed by atoms with E-state index in [-0.39, 0.29) is 67.8 Å². The molecule has 6 amide bonds. The molecule has 1 saturated heterocycles. The number of amides is 6. The van der Waals surface area contributed by atoms with Crippen LogP contribution >= 0.6 is 0 Å². The molecule has 262 valence electrons. The van der Waals surface area contributed by atoms with Gasteiger partial charge in [0.1, 0.15) is 22.5 Å². The van der Waals surface area contributed by atoms with Gasteiger partial charge in [0.15, 0.2) is 0 Å². The third-order valence-corrected chi connectivity index (χ3v) is 8.58. The molecule has 14 nitrogen and oxygen atoms in total. The summed E-state index contributed by atoms with van der Waals surface area (Å²) in [6.07, 6.45) is 3.39. The first-order valence-electron chi connectivity index (χ1n) is 16.0. The van der Waals surface area contributed by atoms with Crippen molar-refractivity contribution >= 4 is 51.2 Å². The van der Waals surface area contributed by atoms with Crippen LogP contribution in [0.25, 0.3) is 0 Å². The van der Waals surface area contributed by atoms with E-state index >= 15 is 0 Å². The van der Waals surface area contributed by atoms with Crippen LogP contribution < -0.4 is 16.0 Å². The molecular weight excluding hydrogens is 630 g/mol. The van der Waals surface area contributed by atoms with Crippen molar-refractivity contribution in [2.45, 2.75) is 78.9 Å². The maximum atomic E-state index is 12.6. The molecule has 2 rings (SSSR count). The Balaban J connectivity index is 1.65. The topological polar surface area (TPSA) is 188 Å². The van der Waals surface area contributed by atoms with Crippen molar-refractivity contribution in [1.82, 2.24) is 20.4 Å². The van der Waals surface area contributed by atoms with Crippen LogP contribution in [0.4, 0.5) is 10.5 Å². The van der Waals surface area contributed by atoms with E-state index in [9.17, 15) is 37.2 Å². The SMILES string of the molecule is CCCN(CCS(C)(=O)=O)C(=O)OCc1ccc(NC(=O)[C@H](C)NC(=O)CNC(=O)CCCCCN2C(=O)CC(C(C)C)C2=O)cc1. The van der Waals surface area contributed by atoms with Crippen molar-refractivity contribution in [3.8, 4) is 0 Å². The molecule has 0 aliphatic carbocycles. The molecule has 1 fully saturated rings. The lowest BCUT2D eigenvalue weighted by Crippen LogP contribution is -2.45. The molecule has 0 spiro atoms. The number of ether oxygens (including phenoxy) is 1. The average molecular weight is 680 g/mol. The van der Waals surface area contributed by atoms with Crippen molar-refractivity contribution in [2.75, 3.05) is 43.5 Å². The number of rotatable bonds is 19. The number of benzene rings is 1. The fraction of sp³-hybridized carbons (Fsp3) is 0.625. The molecule has 2 atom stereocenters. The zero-order valence-electron chi connectivity index (χ0n) is 28.0. The van der Waals surface area contributed by atoms with Crippen molar-refractivity contribution in [3.05, 3.63) is 29.8 Å². The Morgan fingerprint density at radius 3 is 2.28 bits per heavy atom. The number of likely N-dealkylation sites (tertiary alicyclic amines) is 1. The number of sulfone groups is 1. The van der Waals surface area contributed by atoms with Crippen LogP contribution in [-0.4, -0.2) is 98.1 Å². The van der Waals surface area contributed by atoms with E-state index in [2.05, 4.69) is 16.0 Å². The summed E-state index contributed by atoms with van der Waals surface area (Å²) in [5, 5.41) is 7.74. The van der Waals surface area contributed by atoms with Gasteiger partial charge in [-0.05, 0) is 49.8 Å². The predicted octanol–water partition coefficient (Wildman–Crippen LogP) is 2.23. The highest BCUT2D eigenvalue weighted by molar-refractivity contribution is 7.90. The largest absolute Gasteiger partial charge is 0.445 e. The summed E-state index contributed by atoms with van der Waals surface area (Å²) in [7, 11) is -3.22. The zero-order valence-corrected chi connectivity index (χ0v) is 28.8. The number of hydrogen-bond donors (Lipinski definition) is 3. The molecule has 3 N–H and O–H groups in total. The van der Waals surface area contributed by atoms with Gasteiger partial charge in [-0.1, -0.05) is 39.3 Å². The van der Waals surface area contributed by atoms with Crippen LogP contribution in [0, 0.1) is 11.8 Å². The fourth-order valence-electron chi connectivity index (χ4n) is 4.83. The van der Waals surface area contributed by atoms with Gasteiger partial charge >= 0.3 is 6.09 Å². The summed E-state index contributed by atoms with van der Waals surface area (Å²) < 4.78 is 28.2. The molecule has 0 aromatic heterocycles. The standard InChI is InChI=1S/C32H49N5O9S/c1-6-15-36(17-18-47(5,44)45)32(43)46-21-24-11-13-25(14-12-24)35-30(41)23(4)34-28(39)20-33-27(38)10-8-7-9-16-37-29(40)19-26(22(2)3)31(37)42/h11-14,22-23,26H,6-10,15-21H2,1-5H3,(H,33,38)(H,34,39)(H,35,41)/t23-,26?/m0/s1. The number of nitrogens with one attached hydrogen (secondary N) is 3. The minimum Gasteiger partial charge on any atom is -0.445 e. The van der Waals surface area contributed by atoms with Gasteiger partial charge in [0.2, 0.25) is 29.5 Å². The van der Waals surface area contributed by atoms with Gasteiger partial charge in [-0.3, -0.25) is 28.9 Å². The smallest absolute Gasteiger partial charge is 0.410 e. The molecule has 0 saturated carbocycles. The van der Waals surface area contributed by atoms with Crippen molar-refractivity contribution in [2.24, 2.45) is 11.8 Å². The number of carbonyl (C=O) groups is 6. The maximum absolute atomic E-state index is 12.6. The lowest BCUT2D eigenvalue weighted by atomic mass is 9.94. The van der Waals surface area contributed by atoms with Crippen LogP contribution in [0.5, 0.6) is 0 Å². The van der Waals surface area contributed by atoms with Crippen LogP contribution in [0.3, 0.4) is 0 Å². The second-order valence-corrected chi connectivity index (χ2v) is 14.4. The van der Waals surface area contributed by atoms with Gasteiger partial charge in [-0.25, -0.2) is 13.2 Å². The van der Waals surface area contributed by atoms with E-state index in [1.807, 2.05) is 20.8 Å². The minimum absolute atomic E-state index is 0.0379. The summed E-state index contributed by atoms with van der Waals surface area (Å²) in [5.74, 6) is -1.87. The summed E-state index contributed by atoms with van der Waals surface area (Å²) in [4.78, 5) is 76.5. The lowest BCUT2D eigenvalue weighted by Gasteiger charge is -2.21. The summed E-state index contributed by atoms with van der Waals surface area (Å²) in [5.41, 5.74) is 1.11. The minimum atomic E-state index is -3.22. The number of unbranched alkanes of at least 4 members (excludes halogenated alkanes) is 2. The van der Waals surface area contributed by atoms with E-state index < -0.39 is 33.8 Å². The van der Waals surface area contributed by atoms with Crippen molar-refractivity contribution in [1.29, 1.82) is 0 Å². The molecule has 0 bridgehead atoms. The molecular formula is C32H49N5O9S. The molecule has 47 heavy (non-hydrogen) atoms. The van der Waals surface area contributed by atoms with Crippen LogP contribution in [0.2, 0.25) is 0 Å². The monoisotopic (exact) mass is 679 g/mol. The molecule has 0 radical (unpaired) electrons. The van der Waals surface area contributed by atoms with E-state index in [0.717, 1.165) is 6.26 Å². The number of hydrogen-bond acceptors (Lipinski definition) is 9. The van der Waals surface area contributed by atoms with E-state index in [1.165, 1.54) is 16.7 Å². The zero-order chi connectivity index (χ0) is 35.1. The first kappa shape index (κ1) is 39.2. The van der Waals surface area contributed by atoms with Gasteiger partial charge in [-0.15, -0.1) is 0 Å². The highest BCUT2D eigenvalue weighted by Crippen LogP contribution is 2.26. The first-order valence-corrected chi connectivity index (χ1v) is 18.1. The molecule has 1 aromatic carbocycles. The van der Waals surface area contributed by atoms with E-state index in [4.69, 9.17) is 4.74 Å². The average Bonchev–Trinajstić information content (AvgIpc) is 3.29. The second-order valence-electron chi connectivity index (χ2n) is 12.2. The van der Waals surface area contributed by atoms with Gasteiger partial charge in [0.05, 0.1) is 12.3 Å². The Bertz CT molecular complexity index is 1370. The highest BCUT2D eigenvalue weighted by atomic mass is 32.2. The fourth-order valence-corrected chi connectivity index (χ4v) is 5.39. The Kier molecular flexibility index (Phi) is 15.8. The van der Waals surface area contributed by atoms with Gasteiger partial charge in [-0.2, -0.15) is 0 Å². The lowest BCUT2D eigenvalue weighted by molar-refractivity contribution is -0.140. The number of imide groups is 1. The van der Waals surface area contributed by atoms with Gasteiger partial charge < -0.3 is 25.6 Å². The molecule has 1 heterocycles. The van der Waals surface area contributed by atoms with Crippen LogP contribution in [-0.2, 0) is 45.2 Å². The Labute approximate surface area is 277 Å². The van der Waals surface area contributed by atoms with Crippen molar-refractivity contribution < 1.29 is 41.9 Å². The quantitative estimate of drug-likeness (QED) is 0.146. The second kappa shape index (κ2) is 19.0. The van der Waals surface area contributed by atoms with Crippen LogP contribution in [0.15, 0.2) is 24.3 Å². The van der Waals surface area contributed by atoms with Gasteiger partial charge in [0.25, 0.3) is 0 Å². The number of nitrogens with zero attached hydrogens (tertiary/aromatic N) is 2. The molecule has 1 aromatic rings. The van der Waals surface area contributed by atoms with Gasteiger partial charge in [0, 0.05) is 50.3 Å². The van der Waals surface area contributed by atoms with Crippen LogP contribution in [0.1, 0.15) is 71.8 Å². The normalized spacial score (nSPS) is 15.4. The third-order valence-electron chi connectivity index (χ3n) is 7.65. The third kappa shape index (κ3) is 14.1. The van der Waals surface area contributed by atoms with E-state index in [0.29, 0.717) is 50.0 Å². The summed E-state index contributed by atoms with van der Waals surface area (Å²) in [6.45, 7) is 7.67. The maximum Gasteiger partial charge on any atom is 0.410 e. The Morgan fingerprint density at radius 2 is 1.68 bits per heavy atom. The van der Waals surface area contributed by atoms with E-state index in [1.54, 1.807) is 24.3 Å². The summed E-state index contributed by atoms with van der Waals surface area (Å²) in [6, 6.07) is 5.67. The highest BCUT2D eigenvalue weighted by Gasteiger charge is 2.39. The molecule has 1 aliphatic heterocycles. The van der Waals surface area contributed by atoms with Crippen molar-refractivity contribution in [3.63, 3.8) is 0 Å². The molecule has 1 aliphatic rings. The molecule has 1 unspecified atom stereocenters.